The van der Waals surface area contributed by atoms with Gasteiger partial charge in [-0.15, -0.1) is 0 Å². The molecule has 0 fully saturated rings. The molecule has 3 nitrogen and oxygen atoms in total. The molecule has 0 spiro atoms. The van der Waals surface area contributed by atoms with E-state index in [0.717, 1.165) is 25.2 Å². The van der Waals surface area contributed by atoms with Crippen LogP contribution < -0.4 is 5.73 Å². The Kier molecular flexibility index (Phi) is 4.28. The largest absolute Gasteiger partial charge is 0.330 e. The minimum atomic E-state index is 0.526. The second-order valence-corrected chi connectivity index (χ2v) is 5.03. The topological polar surface area (TPSA) is 42.1 Å². The van der Waals surface area contributed by atoms with Crippen LogP contribution in [0.25, 0.3) is 10.9 Å². The van der Waals surface area contributed by atoms with Gasteiger partial charge in [-0.25, -0.2) is 0 Å². The number of aromatic nitrogens is 1. The first kappa shape index (κ1) is 13.0. The van der Waals surface area contributed by atoms with Crippen LogP contribution in [-0.4, -0.2) is 30.0 Å². The number of fused-ring (bicyclic) bond motifs is 1. The Labute approximate surface area is 109 Å². The van der Waals surface area contributed by atoms with E-state index < -0.39 is 0 Å². The average Bonchev–Trinajstić information content (AvgIpc) is 2.39. The van der Waals surface area contributed by atoms with Crippen molar-refractivity contribution in [2.24, 2.45) is 11.7 Å². The van der Waals surface area contributed by atoms with E-state index in [4.69, 9.17) is 5.73 Å². The molecule has 1 heterocycles. The van der Waals surface area contributed by atoms with Crippen molar-refractivity contribution in [3.8, 4) is 0 Å². The van der Waals surface area contributed by atoms with Gasteiger partial charge in [0.15, 0.2) is 0 Å². The van der Waals surface area contributed by atoms with Crippen molar-refractivity contribution in [2.75, 3.05) is 20.1 Å². The van der Waals surface area contributed by atoms with Crippen LogP contribution in [0.4, 0.5) is 0 Å². The summed E-state index contributed by atoms with van der Waals surface area (Å²) >= 11 is 0. The molecule has 2 rings (SSSR count). The van der Waals surface area contributed by atoms with Gasteiger partial charge < -0.3 is 10.6 Å². The molecule has 0 aliphatic rings. The minimum absolute atomic E-state index is 0.526. The second-order valence-electron chi connectivity index (χ2n) is 5.03. The lowest BCUT2D eigenvalue weighted by Crippen LogP contribution is -2.28. The van der Waals surface area contributed by atoms with Gasteiger partial charge in [-0.3, -0.25) is 4.98 Å². The van der Waals surface area contributed by atoms with E-state index in [1.165, 1.54) is 10.9 Å². The van der Waals surface area contributed by atoms with E-state index in [-0.39, 0.29) is 0 Å². The zero-order valence-corrected chi connectivity index (χ0v) is 11.1. The molecule has 0 aliphatic heterocycles. The molecule has 1 unspecified atom stereocenters. The van der Waals surface area contributed by atoms with E-state index in [0.29, 0.717) is 5.92 Å². The predicted molar refractivity (Wildman–Crippen MR) is 76.3 cm³/mol. The molecule has 96 valence electrons. The Bertz CT molecular complexity index is 505. The lowest BCUT2D eigenvalue weighted by Gasteiger charge is -2.20. The summed E-state index contributed by atoms with van der Waals surface area (Å²) in [6.07, 6.45) is 1.86. The fraction of sp³-hybridized carbons (Fsp3) is 0.400. The maximum Gasteiger partial charge on any atom is 0.0746 e. The zero-order chi connectivity index (χ0) is 13.0. The number of nitrogens with zero attached hydrogens (tertiary/aromatic N) is 2. The Morgan fingerprint density at radius 2 is 2.06 bits per heavy atom. The lowest BCUT2D eigenvalue weighted by atomic mass is 10.1. The maximum atomic E-state index is 5.67. The standard InChI is InChI=1S/C15H21N3/c1-12(9-16)10-18(2)11-14-6-3-5-13-7-4-8-17-15(13)14/h3-8,12H,9-11,16H2,1-2H3. The van der Waals surface area contributed by atoms with Crippen molar-refractivity contribution >= 4 is 10.9 Å². The smallest absolute Gasteiger partial charge is 0.0746 e. The highest BCUT2D eigenvalue weighted by Crippen LogP contribution is 2.17. The number of hydrogen-bond acceptors (Lipinski definition) is 3. The van der Waals surface area contributed by atoms with Crippen molar-refractivity contribution in [3.05, 3.63) is 42.1 Å². The predicted octanol–water partition coefficient (Wildman–Crippen LogP) is 2.26. The van der Waals surface area contributed by atoms with E-state index in [1.54, 1.807) is 0 Å². The summed E-state index contributed by atoms with van der Waals surface area (Å²) in [5, 5.41) is 1.20. The number of benzene rings is 1. The molecular formula is C15H21N3. The Morgan fingerprint density at radius 1 is 1.28 bits per heavy atom. The molecular weight excluding hydrogens is 222 g/mol. The van der Waals surface area contributed by atoms with Crippen molar-refractivity contribution in [1.29, 1.82) is 0 Å². The van der Waals surface area contributed by atoms with Crippen molar-refractivity contribution in [1.82, 2.24) is 9.88 Å². The third kappa shape index (κ3) is 3.06. The van der Waals surface area contributed by atoms with Crippen LogP contribution in [-0.2, 0) is 6.54 Å². The summed E-state index contributed by atoms with van der Waals surface area (Å²) in [6.45, 7) is 4.84. The highest BCUT2D eigenvalue weighted by Gasteiger charge is 2.08. The quantitative estimate of drug-likeness (QED) is 0.876. The molecule has 1 aromatic heterocycles. The van der Waals surface area contributed by atoms with Crippen molar-refractivity contribution in [3.63, 3.8) is 0 Å². The van der Waals surface area contributed by atoms with Crippen LogP contribution in [0.15, 0.2) is 36.5 Å². The van der Waals surface area contributed by atoms with Crippen LogP contribution in [0, 0.1) is 5.92 Å². The monoisotopic (exact) mass is 243 g/mol. The van der Waals surface area contributed by atoms with E-state index in [2.05, 4.69) is 48.1 Å². The third-order valence-electron chi connectivity index (χ3n) is 3.18. The van der Waals surface area contributed by atoms with E-state index >= 15 is 0 Å². The molecule has 1 aromatic carbocycles. The van der Waals surface area contributed by atoms with Crippen molar-refractivity contribution < 1.29 is 0 Å². The number of hydrogen-bond donors (Lipinski definition) is 1. The van der Waals surface area contributed by atoms with Gasteiger partial charge in [0, 0.05) is 24.7 Å². The normalized spacial score (nSPS) is 13.1. The molecule has 0 saturated carbocycles. The van der Waals surface area contributed by atoms with Gasteiger partial charge in [0.1, 0.15) is 0 Å². The first-order chi connectivity index (χ1) is 8.70. The summed E-state index contributed by atoms with van der Waals surface area (Å²) in [7, 11) is 2.13. The zero-order valence-electron chi connectivity index (χ0n) is 11.1. The first-order valence-corrected chi connectivity index (χ1v) is 6.42. The number of pyridine rings is 1. The molecule has 0 bridgehead atoms. The SMILES string of the molecule is CC(CN)CN(C)Cc1cccc2cccnc12. The van der Waals surface area contributed by atoms with E-state index in [1.807, 2.05) is 12.3 Å². The third-order valence-corrected chi connectivity index (χ3v) is 3.18. The first-order valence-electron chi connectivity index (χ1n) is 6.42. The minimum Gasteiger partial charge on any atom is -0.330 e. The molecule has 3 heteroatoms. The molecule has 2 N–H and O–H groups in total. The lowest BCUT2D eigenvalue weighted by molar-refractivity contribution is 0.282. The van der Waals surface area contributed by atoms with Gasteiger partial charge in [-0.1, -0.05) is 31.2 Å². The van der Waals surface area contributed by atoms with Crippen LogP contribution in [0.1, 0.15) is 12.5 Å². The Balaban J connectivity index is 2.16. The average molecular weight is 243 g/mol. The summed E-state index contributed by atoms with van der Waals surface area (Å²) < 4.78 is 0. The highest BCUT2D eigenvalue weighted by molar-refractivity contribution is 5.81. The van der Waals surface area contributed by atoms with E-state index in [9.17, 15) is 0 Å². The van der Waals surface area contributed by atoms with Gasteiger partial charge in [0.2, 0.25) is 0 Å². The molecule has 0 amide bonds. The molecule has 18 heavy (non-hydrogen) atoms. The molecule has 0 radical (unpaired) electrons. The van der Waals surface area contributed by atoms with Gasteiger partial charge in [0.05, 0.1) is 5.52 Å². The fourth-order valence-corrected chi connectivity index (χ4v) is 2.26. The maximum absolute atomic E-state index is 5.67. The summed E-state index contributed by atoms with van der Waals surface area (Å²) in [4.78, 5) is 6.79. The van der Waals surface area contributed by atoms with Crippen LogP contribution in [0.2, 0.25) is 0 Å². The highest BCUT2D eigenvalue weighted by atomic mass is 15.1. The Morgan fingerprint density at radius 3 is 2.83 bits per heavy atom. The Hall–Kier alpha value is -1.45. The van der Waals surface area contributed by atoms with Gasteiger partial charge >= 0.3 is 0 Å². The fourth-order valence-electron chi connectivity index (χ4n) is 2.26. The molecule has 1 atom stereocenters. The van der Waals surface area contributed by atoms with Crippen LogP contribution in [0.3, 0.4) is 0 Å². The molecule has 0 aliphatic carbocycles. The number of para-hydroxylation sites is 1. The van der Waals surface area contributed by atoms with Crippen molar-refractivity contribution in [2.45, 2.75) is 13.5 Å². The molecule has 0 saturated heterocycles. The van der Waals surface area contributed by atoms with Crippen LogP contribution in [0.5, 0.6) is 0 Å². The summed E-state index contributed by atoms with van der Waals surface area (Å²) in [5.41, 5.74) is 8.05. The summed E-state index contributed by atoms with van der Waals surface area (Å²) in [6, 6.07) is 10.4. The van der Waals surface area contributed by atoms with Crippen LogP contribution >= 0.6 is 0 Å². The number of rotatable bonds is 5. The molecule has 2 aromatic rings. The number of nitrogens with two attached hydrogens (primary N) is 1. The van der Waals surface area contributed by atoms with Gasteiger partial charge in [0.25, 0.3) is 0 Å². The second kappa shape index (κ2) is 5.94. The summed E-state index contributed by atoms with van der Waals surface area (Å²) in [5.74, 6) is 0.526. The van der Waals surface area contributed by atoms with Gasteiger partial charge in [-0.05, 0) is 31.1 Å². The van der Waals surface area contributed by atoms with Gasteiger partial charge in [-0.2, -0.15) is 0 Å².